The van der Waals surface area contributed by atoms with Crippen LogP contribution in [0.5, 0.6) is 0 Å². The lowest BCUT2D eigenvalue weighted by molar-refractivity contribution is -0.135. The highest BCUT2D eigenvalue weighted by Gasteiger charge is 2.08. The largest absolute Gasteiger partial charge is 0.480 e. The van der Waals surface area contributed by atoms with Gasteiger partial charge in [0.2, 0.25) is 0 Å². The van der Waals surface area contributed by atoms with Gasteiger partial charge in [-0.05, 0) is 12.1 Å². The van der Waals surface area contributed by atoms with E-state index in [0.717, 1.165) is 12.1 Å². The van der Waals surface area contributed by atoms with Crippen molar-refractivity contribution in [3.63, 3.8) is 0 Å². The Labute approximate surface area is 79.6 Å². The molecule has 0 aliphatic carbocycles. The normalized spacial score (nSPS) is 9.93. The quantitative estimate of drug-likeness (QED) is 0.805. The van der Waals surface area contributed by atoms with Crippen LogP contribution < -0.4 is 4.90 Å². The first-order chi connectivity index (χ1) is 6.50. The van der Waals surface area contributed by atoms with Gasteiger partial charge in [0.1, 0.15) is 6.54 Å². The summed E-state index contributed by atoms with van der Waals surface area (Å²) in [5.74, 6) is -2.96. The third kappa shape index (κ3) is 2.42. The number of rotatable bonds is 3. The van der Waals surface area contributed by atoms with Gasteiger partial charge in [0, 0.05) is 18.8 Å². The average molecular weight is 201 g/mol. The molecule has 1 N–H and O–H groups in total. The molecule has 1 rings (SSSR count). The second-order valence-corrected chi connectivity index (χ2v) is 2.85. The summed E-state index contributed by atoms with van der Waals surface area (Å²) < 4.78 is 25.2. The Balaban J connectivity index is 2.85. The number of carbonyl (C=O) groups is 1. The molecule has 0 saturated carbocycles. The number of nitrogens with zero attached hydrogens (tertiary/aromatic N) is 1. The van der Waals surface area contributed by atoms with E-state index in [-0.39, 0.29) is 6.54 Å². The van der Waals surface area contributed by atoms with Gasteiger partial charge in [-0.3, -0.25) is 4.79 Å². The molecule has 0 bridgehead atoms. The number of carboxylic acids is 1. The maximum atomic E-state index is 12.7. The zero-order chi connectivity index (χ0) is 10.7. The van der Waals surface area contributed by atoms with Crippen molar-refractivity contribution in [3.8, 4) is 0 Å². The maximum absolute atomic E-state index is 12.7. The fourth-order valence-electron chi connectivity index (χ4n) is 1.02. The maximum Gasteiger partial charge on any atom is 0.323 e. The fraction of sp³-hybridized carbons (Fsp3) is 0.222. The molecule has 3 nitrogen and oxygen atoms in total. The van der Waals surface area contributed by atoms with Crippen LogP contribution in [0.4, 0.5) is 14.5 Å². The molecule has 0 saturated heterocycles. The predicted octanol–water partition coefficient (Wildman–Crippen LogP) is 1.49. The van der Waals surface area contributed by atoms with Gasteiger partial charge in [0.25, 0.3) is 0 Å². The van der Waals surface area contributed by atoms with E-state index in [1.807, 2.05) is 0 Å². The summed E-state index contributed by atoms with van der Waals surface area (Å²) in [6.45, 7) is -0.259. The van der Waals surface area contributed by atoms with Crippen LogP contribution in [-0.2, 0) is 4.79 Å². The minimum Gasteiger partial charge on any atom is -0.480 e. The minimum atomic E-state index is -1.03. The summed E-state index contributed by atoms with van der Waals surface area (Å²) in [5.41, 5.74) is 0.325. The first kappa shape index (κ1) is 10.4. The van der Waals surface area contributed by atoms with E-state index in [2.05, 4.69) is 0 Å². The Hall–Kier alpha value is -1.65. The summed E-state index contributed by atoms with van der Waals surface area (Å²) in [6, 6.07) is 3.24. The molecule has 0 heterocycles. The van der Waals surface area contributed by atoms with E-state index < -0.39 is 17.6 Å². The van der Waals surface area contributed by atoms with Gasteiger partial charge in [-0.15, -0.1) is 0 Å². The second kappa shape index (κ2) is 4.04. The Morgan fingerprint density at radius 1 is 1.43 bits per heavy atom. The first-order valence-electron chi connectivity index (χ1n) is 3.88. The monoisotopic (exact) mass is 201 g/mol. The first-order valence-corrected chi connectivity index (χ1v) is 3.88. The highest BCUT2D eigenvalue weighted by atomic mass is 19.2. The molecule has 14 heavy (non-hydrogen) atoms. The van der Waals surface area contributed by atoms with E-state index in [0.29, 0.717) is 5.69 Å². The number of likely N-dealkylation sites (N-methyl/N-ethyl adjacent to an activating group) is 1. The standard InChI is InChI=1S/C9H9F2NO2/c1-12(5-9(13)14)6-2-3-7(10)8(11)4-6/h2-4H,5H2,1H3,(H,13,14). The predicted molar refractivity (Wildman–Crippen MR) is 47.3 cm³/mol. The molecule has 0 aromatic heterocycles. The molecular weight excluding hydrogens is 192 g/mol. The van der Waals surface area contributed by atoms with Gasteiger partial charge in [0.15, 0.2) is 11.6 Å². The zero-order valence-corrected chi connectivity index (χ0v) is 7.50. The average Bonchev–Trinajstić information content (AvgIpc) is 2.08. The van der Waals surface area contributed by atoms with Gasteiger partial charge in [0.05, 0.1) is 0 Å². The van der Waals surface area contributed by atoms with Crippen LogP contribution in [0, 0.1) is 11.6 Å². The molecule has 1 aromatic carbocycles. The Kier molecular flexibility index (Phi) is 3.01. The zero-order valence-electron chi connectivity index (χ0n) is 7.50. The molecule has 0 aliphatic heterocycles. The number of carboxylic acid groups (broad SMARTS) is 1. The highest BCUT2D eigenvalue weighted by Crippen LogP contribution is 2.16. The van der Waals surface area contributed by atoms with Gasteiger partial charge in [-0.2, -0.15) is 0 Å². The Morgan fingerprint density at radius 2 is 2.07 bits per heavy atom. The summed E-state index contributed by atoms with van der Waals surface area (Å²) in [5, 5.41) is 8.46. The molecule has 0 spiro atoms. The highest BCUT2D eigenvalue weighted by molar-refractivity contribution is 5.73. The van der Waals surface area contributed by atoms with Gasteiger partial charge in [-0.1, -0.05) is 0 Å². The van der Waals surface area contributed by atoms with Crippen LogP contribution >= 0.6 is 0 Å². The molecule has 0 atom stereocenters. The molecule has 0 aliphatic rings. The molecule has 0 radical (unpaired) electrons. The van der Waals surface area contributed by atoms with Gasteiger partial charge < -0.3 is 10.0 Å². The van der Waals surface area contributed by atoms with Crippen molar-refractivity contribution in [3.05, 3.63) is 29.8 Å². The second-order valence-electron chi connectivity index (χ2n) is 2.85. The molecule has 0 amide bonds. The van der Waals surface area contributed by atoms with Crippen molar-refractivity contribution in [1.82, 2.24) is 0 Å². The molecule has 0 fully saturated rings. The number of benzene rings is 1. The summed E-state index contributed by atoms with van der Waals surface area (Å²) in [6.07, 6.45) is 0. The topological polar surface area (TPSA) is 40.5 Å². The number of halogens is 2. The van der Waals surface area contributed by atoms with Crippen molar-refractivity contribution in [1.29, 1.82) is 0 Å². The van der Waals surface area contributed by atoms with Crippen LogP contribution in [0.15, 0.2) is 18.2 Å². The van der Waals surface area contributed by atoms with E-state index in [4.69, 9.17) is 5.11 Å². The molecular formula is C9H9F2NO2. The van der Waals surface area contributed by atoms with Crippen LogP contribution in [-0.4, -0.2) is 24.7 Å². The fourth-order valence-corrected chi connectivity index (χ4v) is 1.02. The third-order valence-corrected chi connectivity index (χ3v) is 1.72. The van der Waals surface area contributed by atoms with E-state index in [9.17, 15) is 13.6 Å². The van der Waals surface area contributed by atoms with Crippen LogP contribution in [0.2, 0.25) is 0 Å². The van der Waals surface area contributed by atoms with Gasteiger partial charge in [-0.25, -0.2) is 8.78 Å². The van der Waals surface area contributed by atoms with Crippen LogP contribution in [0.25, 0.3) is 0 Å². The lowest BCUT2D eigenvalue weighted by atomic mass is 10.3. The Morgan fingerprint density at radius 3 is 2.57 bits per heavy atom. The summed E-state index contributed by atoms with van der Waals surface area (Å²) in [4.78, 5) is 11.6. The lowest BCUT2D eigenvalue weighted by Crippen LogP contribution is -2.25. The molecule has 0 unspecified atom stereocenters. The number of aliphatic carboxylic acids is 1. The van der Waals surface area contributed by atoms with Crippen molar-refractivity contribution in [2.75, 3.05) is 18.5 Å². The van der Waals surface area contributed by atoms with Crippen molar-refractivity contribution >= 4 is 11.7 Å². The van der Waals surface area contributed by atoms with Crippen LogP contribution in [0.1, 0.15) is 0 Å². The summed E-state index contributed by atoms with van der Waals surface area (Å²) in [7, 11) is 1.49. The minimum absolute atomic E-state index is 0.259. The lowest BCUT2D eigenvalue weighted by Gasteiger charge is -2.16. The third-order valence-electron chi connectivity index (χ3n) is 1.72. The van der Waals surface area contributed by atoms with E-state index in [1.54, 1.807) is 0 Å². The molecule has 5 heteroatoms. The number of anilines is 1. The SMILES string of the molecule is CN(CC(=O)O)c1ccc(F)c(F)c1. The van der Waals surface area contributed by atoms with Crippen molar-refractivity contribution in [2.45, 2.75) is 0 Å². The smallest absolute Gasteiger partial charge is 0.323 e. The number of hydrogen-bond acceptors (Lipinski definition) is 2. The van der Waals surface area contributed by atoms with E-state index >= 15 is 0 Å². The molecule has 76 valence electrons. The van der Waals surface area contributed by atoms with Crippen molar-refractivity contribution in [2.24, 2.45) is 0 Å². The molecule has 1 aromatic rings. The number of hydrogen-bond donors (Lipinski definition) is 1. The van der Waals surface area contributed by atoms with Crippen LogP contribution in [0.3, 0.4) is 0 Å². The van der Waals surface area contributed by atoms with Crippen molar-refractivity contribution < 1.29 is 18.7 Å². The Bertz CT molecular complexity index is 355. The summed E-state index contributed by atoms with van der Waals surface area (Å²) >= 11 is 0. The van der Waals surface area contributed by atoms with E-state index in [1.165, 1.54) is 18.0 Å². The van der Waals surface area contributed by atoms with Gasteiger partial charge >= 0.3 is 5.97 Å².